The molecule has 0 saturated carbocycles. The number of carbonyl (C=O) groups excluding carboxylic acids is 1. The highest BCUT2D eigenvalue weighted by atomic mass is 16.1. The first kappa shape index (κ1) is 12.7. The minimum absolute atomic E-state index is 0.265. The Bertz CT molecular complexity index is 352. The van der Waals surface area contributed by atoms with Gasteiger partial charge in [-0.05, 0) is 18.2 Å². The van der Waals surface area contributed by atoms with Crippen LogP contribution in [-0.4, -0.2) is 24.4 Å². The molecule has 0 atom stereocenters. The van der Waals surface area contributed by atoms with E-state index in [2.05, 4.69) is 11.0 Å². The van der Waals surface area contributed by atoms with Crippen LogP contribution in [0.1, 0.15) is 17.5 Å². The van der Waals surface area contributed by atoms with E-state index in [1.807, 2.05) is 25.2 Å². The van der Waals surface area contributed by atoms with Gasteiger partial charge in [-0.15, -0.1) is 0 Å². The molecule has 0 aliphatic heterocycles. The van der Waals surface area contributed by atoms with Gasteiger partial charge in [0.1, 0.15) is 0 Å². The second-order valence-corrected chi connectivity index (χ2v) is 3.93. The second-order valence-electron chi connectivity index (χ2n) is 3.93. The number of benzene rings is 1. The van der Waals surface area contributed by atoms with Gasteiger partial charge in [-0.3, -0.25) is 4.79 Å². The average Bonchev–Trinajstić information content (AvgIpc) is 2.27. The molecule has 0 radical (unpaired) electrons. The molecule has 0 aliphatic carbocycles. The van der Waals surface area contributed by atoms with Gasteiger partial charge in [-0.1, -0.05) is 24.3 Å². The van der Waals surface area contributed by atoms with Crippen molar-refractivity contribution in [2.45, 2.75) is 19.5 Å². The van der Waals surface area contributed by atoms with Crippen LogP contribution in [0.15, 0.2) is 24.3 Å². The van der Waals surface area contributed by atoms with Crippen LogP contribution in [0.5, 0.6) is 0 Å². The third-order valence-electron chi connectivity index (χ3n) is 2.52. The second kappa shape index (κ2) is 6.25. The summed E-state index contributed by atoms with van der Waals surface area (Å²) in [6.45, 7) is 2.01. The zero-order valence-electron chi connectivity index (χ0n) is 9.65. The highest BCUT2D eigenvalue weighted by Gasteiger charge is 2.05. The minimum atomic E-state index is -0.265. The molecule has 0 unspecified atom stereocenters. The summed E-state index contributed by atoms with van der Waals surface area (Å²) in [4.78, 5) is 12.7. The number of hydrogen-bond donors (Lipinski definition) is 2. The van der Waals surface area contributed by atoms with Crippen LogP contribution < -0.4 is 11.5 Å². The van der Waals surface area contributed by atoms with Crippen molar-refractivity contribution in [2.75, 3.05) is 13.6 Å². The standard InChI is InChI=1S/C12H19N3O/c1-15(7-6-12(14)16)9-11-5-3-2-4-10(11)8-13/h2-5H,6-9,13H2,1H3,(H2,14,16). The summed E-state index contributed by atoms with van der Waals surface area (Å²) in [7, 11) is 1.97. The molecule has 16 heavy (non-hydrogen) atoms. The van der Waals surface area contributed by atoms with E-state index in [9.17, 15) is 4.79 Å². The Labute approximate surface area is 96.2 Å². The Morgan fingerprint density at radius 2 is 1.94 bits per heavy atom. The van der Waals surface area contributed by atoms with Crippen molar-refractivity contribution in [2.24, 2.45) is 11.5 Å². The maximum atomic E-state index is 10.7. The first-order chi connectivity index (χ1) is 7.63. The number of carbonyl (C=O) groups is 1. The lowest BCUT2D eigenvalue weighted by Crippen LogP contribution is -2.24. The van der Waals surface area contributed by atoms with E-state index in [4.69, 9.17) is 11.5 Å². The largest absolute Gasteiger partial charge is 0.370 e. The molecule has 1 rings (SSSR count). The summed E-state index contributed by atoms with van der Waals surface area (Å²) in [6, 6.07) is 8.06. The monoisotopic (exact) mass is 221 g/mol. The molecule has 1 aromatic rings. The highest BCUT2D eigenvalue weighted by Crippen LogP contribution is 2.10. The van der Waals surface area contributed by atoms with Gasteiger partial charge in [0.2, 0.25) is 5.91 Å². The topological polar surface area (TPSA) is 72.3 Å². The number of nitrogens with zero attached hydrogens (tertiary/aromatic N) is 1. The predicted octanol–water partition coefficient (Wildman–Crippen LogP) is 0.453. The molecule has 4 N–H and O–H groups in total. The maximum absolute atomic E-state index is 10.7. The summed E-state index contributed by atoms with van der Waals surface area (Å²) in [6.07, 6.45) is 0.390. The van der Waals surface area contributed by atoms with Gasteiger partial charge in [0, 0.05) is 26.1 Å². The van der Waals surface area contributed by atoms with E-state index >= 15 is 0 Å². The van der Waals surface area contributed by atoms with E-state index in [0.29, 0.717) is 19.5 Å². The predicted molar refractivity (Wildman–Crippen MR) is 64.5 cm³/mol. The molecule has 4 nitrogen and oxygen atoms in total. The van der Waals surface area contributed by atoms with E-state index in [1.165, 1.54) is 5.56 Å². The zero-order chi connectivity index (χ0) is 12.0. The Morgan fingerprint density at radius 1 is 1.31 bits per heavy atom. The Balaban J connectivity index is 2.55. The van der Waals surface area contributed by atoms with Gasteiger partial charge < -0.3 is 16.4 Å². The molecule has 1 aromatic carbocycles. The third kappa shape index (κ3) is 4.00. The van der Waals surface area contributed by atoms with Crippen molar-refractivity contribution in [1.29, 1.82) is 0 Å². The van der Waals surface area contributed by atoms with Gasteiger partial charge in [0.05, 0.1) is 0 Å². The minimum Gasteiger partial charge on any atom is -0.370 e. The van der Waals surface area contributed by atoms with Gasteiger partial charge in [0.15, 0.2) is 0 Å². The van der Waals surface area contributed by atoms with Crippen molar-refractivity contribution in [3.63, 3.8) is 0 Å². The lowest BCUT2D eigenvalue weighted by molar-refractivity contribution is -0.118. The fourth-order valence-electron chi connectivity index (χ4n) is 1.58. The first-order valence-corrected chi connectivity index (χ1v) is 5.37. The van der Waals surface area contributed by atoms with Crippen molar-refractivity contribution >= 4 is 5.91 Å². The lowest BCUT2D eigenvalue weighted by atomic mass is 10.1. The smallest absolute Gasteiger partial charge is 0.218 e. The normalized spacial score (nSPS) is 10.7. The van der Waals surface area contributed by atoms with Gasteiger partial charge in [-0.25, -0.2) is 0 Å². The molecule has 0 saturated heterocycles. The lowest BCUT2D eigenvalue weighted by Gasteiger charge is -2.17. The number of rotatable bonds is 6. The van der Waals surface area contributed by atoms with Crippen LogP contribution >= 0.6 is 0 Å². The average molecular weight is 221 g/mol. The summed E-state index contributed by atoms with van der Waals surface area (Å²) >= 11 is 0. The van der Waals surface area contributed by atoms with Crippen molar-refractivity contribution in [3.8, 4) is 0 Å². The quantitative estimate of drug-likeness (QED) is 0.732. The Morgan fingerprint density at radius 3 is 2.50 bits per heavy atom. The molecular formula is C12H19N3O. The van der Waals surface area contributed by atoms with Crippen LogP contribution in [0, 0.1) is 0 Å². The molecule has 88 valence electrons. The molecule has 0 bridgehead atoms. The van der Waals surface area contributed by atoms with Crippen LogP contribution in [0.2, 0.25) is 0 Å². The van der Waals surface area contributed by atoms with E-state index in [1.54, 1.807) is 0 Å². The molecule has 0 aliphatic rings. The van der Waals surface area contributed by atoms with Crippen molar-refractivity contribution in [1.82, 2.24) is 4.90 Å². The van der Waals surface area contributed by atoms with Crippen LogP contribution in [-0.2, 0) is 17.9 Å². The molecule has 0 spiro atoms. The fraction of sp³-hybridized carbons (Fsp3) is 0.417. The van der Waals surface area contributed by atoms with Gasteiger partial charge >= 0.3 is 0 Å². The SMILES string of the molecule is CN(CCC(N)=O)Cc1ccccc1CN. The van der Waals surface area contributed by atoms with Crippen LogP contribution in [0.4, 0.5) is 0 Å². The van der Waals surface area contributed by atoms with Crippen molar-refractivity contribution < 1.29 is 4.79 Å². The van der Waals surface area contributed by atoms with Crippen LogP contribution in [0.3, 0.4) is 0 Å². The molecular weight excluding hydrogens is 202 g/mol. The van der Waals surface area contributed by atoms with E-state index < -0.39 is 0 Å². The van der Waals surface area contributed by atoms with Crippen molar-refractivity contribution in [3.05, 3.63) is 35.4 Å². The number of hydrogen-bond acceptors (Lipinski definition) is 3. The first-order valence-electron chi connectivity index (χ1n) is 5.37. The molecule has 0 heterocycles. The van der Waals surface area contributed by atoms with E-state index in [0.717, 1.165) is 12.1 Å². The van der Waals surface area contributed by atoms with Crippen LogP contribution in [0.25, 0.3) is 0 Å². The summed E-state index contributed by atoms with van der Waals surface area (Å²) in [5, 5.41) is 0. The molecule has 0 aromatic heterocycles. The zero-order valence-corrected chi connectivity index (χ0v) is 9.65. The number of primary amides is 1. The van der Waals surface area contributed by atoms with E-state index in [-0.39, 0.29) is 5.91 Å². The van der Waals surface area contributed by atoms with Gasteiger partial charge in [-0.2, -0.15) is 0 Å². The number of nitrogens with two attached hydrogens (primary N) is 2. The molecule has 0 fully saturated rings. The molecule has 1 amide bonds. The Kier molecular flexibility index (Phi) is 4.95. The summed E-state index contributed by atoms with van der Waals surface area (Å²) in [5.41, 5.74) is 13.1. The summed E-state index contributed by atoms with van der Waals surface area (Å²) in [5.74, 6) is -0.265. The Hall–Kier alpha value is -1.39. The molecule has 4 heteroatoms. The third-order valence-corrected chi connectivity index (χ3v) is 2.52. The fourth-order valence-corrected chi connectivity index (χ4v) is 1.58. The van der Waals surface area contributed by atoms with Gasteiger partial charge in [0.25, 0.3) is 0 Å². The highest BCUT2D eigenvalue weighted by molar-refractivity contribution is 5.73. The maximum Gasteiger partial charge on any atom is 0.218 e. The summed E-state index contributed by atoms with van der Waals surface area (Å²) < 4.78 is 0. The number of amides is 1.